The van der Waals surface area contributed by atoms with Gasteiger partial charge in [0.25, 0.3) is 11.8 Å². The number of benzene rings is 2. The van der Waals surface area contributed by atoms with E-state index >= 15 is 0 Å². The molecule has 0 saturated heterocycles. The first-order chi connectivity index (χ1) is 11.0. The van der Waals surface area contributed by atoms with Crippen molar-refractivity contribution in [1.29, 1.82) is 0 Å². The van der Waals surface area contributed by atoms with Crippen LogP contribution in [0.1, 0.15) is 15.9 Å². The number of carbonyl (C=O) groups excluding carboxylic acids is 2. The fourth-order valence-corrected chi connectivity index (χ4v) is 2.58. The van der Waals surface area contributed by atoms with Crippen molar-refractivity contribution in [2.24, 2.45) is 0 Å². The minimum atomic E-state index is -0.201. The van der Waals surface area contributed by atoms with Gasteiger partial charge in [0, 0.05) is 24.2 Å². The molecule has 0 saturated carbocycles. The smallest absolute Gasteiger partial charge is 0.262 e. The van der Waals surface area contributed by atoms with Crippen LogP contribution in [0.2, 0.25) is 5.02 Å². The van der Waals surface area contributed by atoms with Crippen molar-refractivity contribution >= 4 is 29.1 Å². The zero-order valence-corrected chi connectivity index (χ0v) is 13.3. The molecular formula is C17H15ClN2O3. The third-order valence-corrected chi connectivity index (χ3v) is 3.94. The van der Waals surface area contributed by atoms with E-state index in [1.54, 1.807) is 36.2 Å². The van der Waals surface area contributed by atoms with Gasteiger partial charge in [0.15, 0.2) is 6.61 Å². The SMILES string of the molecule is CN(Cc1ccccc1Cl)C(=O)c1ccc2c(c1)OCC(=O)N2. The molecule has 0 aromatic heterocycles. The van der Waals surface area contributed by atoms with Gasteiger partial charge in [-0.15, -0.1) is 0 Å². The van der Waals surface area contributed by atoms with Crippen LogP contribution in [0, 0.1) is 0 Å². The molecule has 2 amide bonds. The van der Waals surface area contributed by atoms with E-state index in [-0.39, 0.29) is 18.4 Å². The van der Waals surface area contributed by atoms with Gasteiger partial charge in [-0.3, -0.25) is 9.59 Å². The van der Waals surface area contributed by atoms with Crippen LogP contribution >= 0.6 is 11.6 Å². The quantitative estimate of drug-likeness (QED) is 0.941. The first kappa shape index (κ1) is 15.4. The summed E-state index contributed by atoms with van der Waals surface area (Å²) in [5.74, 6) is 0.155. The highest BCUT2D eigenvalue weighted by Crippen LogP contribution is 2.29. The maximum absolute atomic E-state index is 12.6. The van der Waals surface area contributed by atoms with Crippen LogP contribution in [0.4, 0.5) is 5.69 Å². The monoisotopic (exact) mass is 330 g/mol. The predicted molar refractivity (Wildman–Crippen MR) is 87.8 cm³/mol. The van der Waals surface area contributed by atoms with Crippen molar-refractivity contribution in [3.05, 3.63) is 58.6 Å². The number of carbonyl (C=O) groups is 2. The molecule has 23 heavy (non-hydrogen) atoms. The van der Waals surface area contributed by atoms with E-state index in [0.29, 0.717) is 28.6 Å². The molecule has 0 spiro atoms. The van der Waals surface area contributed by atoms with Gasteiger partial charge in [-0.25, -0.2) is 0 Å². The minimum absolute atomic E-state index is 0.0416. The summed E-state index contributed by atoms with van der Waals surface area (Å²) in [7, 11) is 1.72. The number of hydrogen-bond donors (Lipinski definition) is 1. The lowest BCUT2D eigenvalue weighted by molar-refractivity contribution is -0.118. The highest BCUT2D eigenvalue weighted by atomic mass is 35.5. The minimum Gasteiger partial charge on any atom is -0.482 e. The third kappa shape index (κ3) is 3.29. The number of halogens is 1. The van der Waals surface area contributed by atoms with Crippen LogP contribution in [0.15, 0.2) is 42.5 Å². The Morgan fingerprint density at radius 1 is 1.30 bits per heavy atom. The molecule has 5 nitrogen and oxygen atoms in total. The summed E-state index contributed by atoms with van der Waals surface area (Å²) >= 11 is 6.13. The van der Waals surface area contributed by atoms with Gasteiger partial charge in [-0.05, 0) is 29.8 Å². The van der Waals surface area contributed by atoms with Crippen LogP contribution in [0.5, 0.6) is 5.75 Å². The van der Waals surface area contributed by atoms with Crippen molar-refractivity contribution in [2.75, 3.05) is 19.0 Å². The molecule has 2 aromatic rings. The molecule has 0 unspecified atom stereocenters. The standard InChI is InChI=1S/C17H15ClN2O3/c1-20(9-12-4-2-3-5-13(12)18)17(22)11-6-7-14-15(8-11)23-10-16(21)19-14/h2-8H,9-10H2,1H3,(H,19,21). The van der Waals surface area contributed by atoms with Crippen LogP contribution in [-0.2, 0) is 11.3 Å². The van der Waals surface area contributed by atoms with Crippen LogP contribution in [-0.4, -0.2) is 30.4 Å². The second kappa shape index (κ2) is 6.30. The lowest BCUT2D eigenvalue weighted by Gasteiger charge is -2.21. The Kier molecular flexibility index (Phi) is 4.21. The van der Waals surface area contributed by atoms with Crippen molar-refractivity contribution in [3.8, 4) is 5.75 Å². The molecule has 0 radical (unpaired) electrons. The summed E-state index contributed by atoms with van der Waals surface area (Å²) in [5, 5.41) is 3.32. The van der Waals surface area contributed by atoms with Gasteiger partial charge in [0.1, 0.15) is 5.75 Å². The van der Waals surface area contributed by atoms with Crippen LogP contribution in [0.3, 0.4) is 0 Å². The van der Waals surface area contributed by atoms with Gasteiger partial charge in [-0.2, -0.15) is 0 Å². The van der Waals surface area contributed by atoms with Gasteiger partial charge < -0.3 is 15.0 Å². The van der Waals surface area contributed by atoms with Crippen LogP contribution < -0.4 is 10.1 Å². The van der Waals surface area contributed by atoms with Crippen molar-refractivity contribution in [1.82, 2.24) is 4.90 Å². The second-order valence-corrected chi connectivity index (χ2v) is 5.71. The van der Waals surface area contributed by atoms with Crippen molar-refractivity contribution in [3.63, 3.8) is 0 Å². The van der Waals surface area contributed by atoms with Gasteiger partial charge in [0.2, 0.25) is 0 Å². The van der Waals surface area contributed by atoms with E-state index in [4.69, 9.17) is 16.3 Å². The molecule has 6 heteroatoms. The zero-order chi connectivity index (χ0) is 16.4. The molecule has 0 atom stereocenters. The summed E-state index contributed by atoms with van der Waals surface area (Å²) in [6, 6.07) is 12.4. The summed E-state index contributed by atoms with van der Waals surface area (Å²) in [6.07, 6.45) is 0. The molecular weight excluding hydrogens is 316 g/mol. The molecule has 3 rings (SSSR count). The molecule has 1 aliphatic heterocycles. The largest absolute Gasteiger partial charge is 0.482 e. The van der Waals surface area contributed by atoms with Gasteiger partial charge in [0.05, 0.1) is 5.69 Å². The van der Waals surface area contributed by atoms with E-state index in [1.165, 1.54) is 0 Å². The van der Waals surface area contributed by atoms with Gasteiger partial charge in [-0.1, -0.05) is 29.8 Å². The van der Waals surface area contributed by atoms with E-state index in [2.05, 4.69) is 5.32 Å². The molecule has 0 bridgehead atoms. The van der Waals surface area contributed by atoms with Crippen LogP contribution in [0.25, 0.3) is 0 Å². The number of amides is 2. The predicted octanol–water partition coefficient (Wildman–Crippen LogP) is 2.94. The molecule has 1 aliphatic rings. The Morgan fingerprint density at radius 3 is 2.87 bits per heavy atom. The molecule has 1 heterocycles. The highest BCUT2D eigenvalue weighted by Gasteiger charge is 2.19. The Morgan fingerprint density at radius 2 is 2.09 bits per heavy atom. The summed E-state index contributed by atoms with van der Waals surface area (Å²) < 4.78 is 5.34. The van der Waals surface area contributed by atoms with Crippen molar-refractivity contribution in [2.45, 2.75) is 6.54 Å². The zero-order valence-electron chi connectivity index (χ0n) is 12.5. The van der Waals surface area contributed by atoms with E-state index in [9.17, 15) is 9.59 Å². The van der Waals surface area contributed by atoms with E-state index < -0.39 is 0 Å². The molecule has 118 valence electrons. The topological polar surface area (TPSA) is 58.6 Å². The second-order valence-electron chi connectivity index (χ2n) is 5.30. The maximum atomic E-state index is 12.6. The van der Waals surface area contributed by atoms with Crippen molar-refractivity contribution < 1.29 is 14.3 Å². The van der Waals surface area contributed by atoms with Gasteiger partial charge >= 0.3 is 0 Å². The lowest BCUT2D eigenvalue weighted by Crippen LogP contribution is -2.28. The Hall–Kier alpha value is -2.53. The fraction of sp³-hybridized carbons (Fsp3) is 0.176. The lowest BCUT2D eigenvalue weighted by atomic mass is 10.1. The normalized spacial score (nSPS) is 12.9. The number of nitrogens with zero attached hydrogens (tertiary/aromatic N) is 1. The van der Waals surface area contributed by atoms with E-state index in [0.717, 1.165) is 5.56 Å². The Bertz CT molecular complexity index is 776. The molecule has 1 N–H and O–H groups in total. The molecule has 0 aliphatic carbocycles. The first-order valence-electron chi connectivity index (χ1n) is 7.10. The molecule has 2 aromatic carbocycles. The summed E-state index contributed by atoms with van der Waals surface area (Å²) in [4.78, 5) is 25.4. The maximum Gasteiger partial charge on any atom is 0.262 e. The number of rotatable bonds is 3. The average molecular weight is 331 g/mol. The average Bonchev–Trinajstić information content (AvgIpc) is 2.55. The number of hydrogen-bond acceptors (Lipinski definition) is 3. The summed E-state index contributed by atoms with van der Waals surface area (Å²) in [6.45, 7) is 0.368. The number of anilines is 1. The fourth-order valence-electron chi connectivity index (χ4n) is 2.38. The Labute approximate surface area is 138 Å². The Balaban J connectivity index is 1.77. The number of ether oxygens (including phenoxy) is 1. The number of fused-ring (bicyclic) bond motifs is 1. The summed E-state index contributed by atoms with van der Waals surface area (Å²) in [5.41, 5.74) is 1.95. The highest BCUT2D eigenvalue weighted by molar-refractivity contribution is 6.31. The molecule has 0 fully saturated rings. The van der Waals surface area contributed by atoms with E-state index in [1.807, 2.05) is 18.2 Å². The first-order valence-corrected chi connectivity index (χ1v) is 7.48. The third-order valence-electron chi connectivity index (χ3n) is 3.57. The number of nitrogens with one attached hydrogen (secondary N) is 1.